The van der Waals surface area contributed by atoms with Crippen molar-refractivity contribution in [1.82, 2.24) is 29.1 Å². The van der Waals surface area contributed by atoms with Gasteiger partial charge in [0.1, 0.15) is 6.10 Å². The van der Waals surface area contributed by atoms with Gasteiger partial charge in [0.15, 0.2) is 5.75 Å². The van der Waals surface area contributed by atoms with Gasteiger partial charge in [-0.05, 0) is 18.4 Å². The number of ether oxygens (including phenoxy) is 2. The monoisotopic (exact) mass is 475 g/mol. The quantitative estimate of drug-likeness (QED) is 0.567. The minimum Gasteiger partial charge on any atom is -0.486 e. The first kappa shape index (κ1) is 22.1. The van der Waals surface area contributed by atoms with Gasteiger partial charge in [0.05, 0.1) is 25.7 Å². The molecule has 0 amide bonds. The van der Waals surface area contributed by atoms with Crippen LogP contribution in [0.15, 0.2) is 18.5 Å². The molecule has 3 N–H and O–H groups in total. The molecule has 0 unspecified atom stereocenters. The predicted octanol–water partition coefficient (Wildman–Crippen LogP) is 1.64. The standard InChI is InChI=1S/C21H29N7O4S/c1-13-12-27(33(2,29)30)6-3-16(13)18-9-17(14-10-23-24-11-14)19(20-25-21(22)26-28(18)20)32-15-4-7-31-8-5-15/h9-11,13,15-16H,3-8,12H2,1-2H3,(H2,22,26)(H,23,24)/t13-,16-/m0/s1. The number of sulfonamides is 1. The predicted molar refractivity (Wildman–Crippen MR) is 122 cm³/mol. The van der Waals surface area contributed by atoms with Crippen LogP contribution in [0.25, 0.3) is 16.8 Å². The number of aromatic amines is 1. The third kappa shape index (κ3) is 4.30. The zero-order chi connectivity index (χ0) is 23.2. The summed E-state index contributed by atoms with van der Waals surface area (Å²) in [5.74, 6) is 0.951. The van der Waals surface area contributed by atoms with Gasteiger partial charge in [0.2, 0.25) is 21.6 Å². The van der Waals surface area contributed by atoms with Crippen LogP contribution in [0.2, 0.25) is 0 Å². The number of piperidine rings is 1. The maximum atomic E-state index is 12.1. The molecule has 2 atom stereocenters. The SMILES string of the molecule is C[C@H]1CN(S(C)(=O)=O)CC[C@@H]1c1cc(-c2cn[nH]c2)c(OC2CCOCC2)c2nc(N)nn12. The Morgan fingerprint density at radius 3 is 2.73 bits per heavy atom. The van der Waals surface area contributed by atoms with Crippen LogP contribution < -0.4 is 10.5 Å². The van der Waals surface area contributed by atoms with Crippen molar-refractivity contribution < 1.29 is 17.9 Å². The van der Waals surface area contributed by atoms with E-state index < -0.39 is 10.0 Å². The van der Waals surface area contributed by atoms with Gasteiger partial charge >= 0.3 is 0 Å². The molecule has 33 heavy (non-hydrogen) atoms. The molecule has 2 fully saturated rings. The number of hydrogen-bond acceptors (Lipinski definition) is 8. The number of fused-ring (bicyclic) bond motifs is 1. The van der Waals surface area contributed by atoms with E-state index in [1.54, 1.807) is 15.0 Å². The van der Waals surface area contributed by atoms with Gasteiger partial charge in [0, 0.05) is 54.9 Å². The molecule has 0 radical (unpaired) electrons. The van der Waals surface area contributed by atoms with Crippen LogP contribution in [0.4, 0.5) is 5.95 Å². The van der Waals surface area contributed by atoms with E-state index in [9.17, 15) is 8.42 Å². The lowest BCUT2D eigenvalue weighted by atomic mass is 9.84. The summed E-state index contributed by atoms with van der Waals surface area (Å²) >= 11 is 0. The van der Waals surface area contributed by atoms with Gasteiger partial charge in [0.25, 0.3) is 0 Å². The van der Waals surface area contributed by atoms with Crippen molar-refractivity contribution in [2.75, 3.05) is 38.3 Å². The van der Waals surface area contributed by atoms with Crippen LogP contribution in [0.5, 0.6) is 5.75 Å². The molecular formula is C21H29N7O4S. The molecule has 12 heteroatoms. The number of pyridine rings is 1. The van der Waals surface area contributed by atoms with E-state index in [1.807, 2.05) is 6.20 Å². The summed E-state index contributed by atoms with van der Waals surface area (Å²) in [5, 5.41) is 11.5. The molecule has 0 bridgehead atoms. The zero-order valence-electron chi connectivity index (χ0n) is 18.8. The van der Waals surface area contributed by atoms with E-state index in [4.69, 9.17) is 15.2 Å². The second-order valence-electron chi connectivity index (χ2n) is 8.93. The summed E-state index contributed by atoms with van der Waals surface area (Å²) in [4.78, 5) is 4.52. The molecule has 0 saturated carbocycles. The number of hydrogen-bond donors (Lipinski definition) is 2. The van der Waals surface area contributed by atoms with Crippen molar-refractivity contribution >= 4 is 21.6 Å². The van der Waals surface area contributed by atoms with Crippen molar-refractivity contribution in [3.05, 3.63) is 24.2 Å². The average Bonchev–Trinajstić information content (AvgIpc) is 3.44. The van der Waals surface area contributed by atoms with Gasteiger partial charge in [-0.2, -0.15) is 10.1 Å². The minimum absolute atomic E-state index is 0.00824. The molecule has 11 nitrogen and oxygen atoms in total. The number of nitrogen functional groups attached to an aromatic ring is 1. The minimum atomic E-state index is -3.23. The number of nitrogens with two attached hydrogens (primary N) is 1. The Morgan fingerprint density at radius 2 is 2.06 bits per heavy atom. The molecule has 2 saturated heterocycles. The van der Waals surface area contributed by atoms with Gasteiger partial charge < -0.3 is 15.2 Å². The van der Waals surface area contributed by atoms with Gasteiger partial charge in [-0.3, -0.25) is 5.10 Å². The molecule has 3 aromatic heterocycles. The highest BCUT2D eigenvalue weighted by Crippen LogP contribution is 2.41. The highest BCUT2D eigenvalue weighted by molar-refractivity contribution is 7.88. The highest BCUT2D eigenvalue weighted by atomic mass is 32.2. The Morgan fingerprint density at radius 1 is 1.27 bits per heavy atom. The van der Waals surface area contributed by atoms with Crippen LogP contribution in [0, 0.1) is 5.92 Å². The second-order valence-corrected chi connectivity index (χ2v) is 10.9. The maximum Gasteiger partial charge on any atom is 0.240 e. The average molecular weight is 476 g/mol. The van der Waals surface area contributed by atoms with Crippen LogP contribution in [-0.4, -0.2) is 76.2 Å². The van der Waals surface area contributed by atoms with Gasteiger partial charge in [-0.15, -0.1) is 5.10 Å². The molecule has 178 valence electrons. The normalized spacial score (nSPS) is 23.2. The molecule has 2 aliphatic rings. The van der Waals surface area contributed by atoms with Crippen molar-refractivity contribution in [1.29, 1.82) is 0 Å². The fourth-order valence-corrected chi connectivity index (χ4v) is 5.79. The lowest BCUT2D eigenvalue weighted by Crippen LogP contribution is -2.42. The smallest absolute Gasteiger partial charge is 0.240 e. The van der Waals surface area contributed by atoms with E-state index in [1.165, 1.54) is 6.26 Å². The lowest BCUT2D eigenvalue weighted by molar-refractivity contribution is 0.0261. The largest absolute Gasteiger partial charge is 0.486 e. The molecular weight excluding hydrogens is 446 g/mol. The number of nitrogens with one attached hydrogen (secondary N) is 1. The molecule has 0 aromatic carbocycles. The first-order chi connectivity index (χ1) is 15.8. The Kier molecular flexibility index (Phi) is 5.75. The fourth-order valence-electron chi connectivity index (χ4n) is 4.85. The summed E-state index contributed by atoms with van der Waals surface area (Å²) < 4.78 is 39.4. The van der Waals surface area contributed by atoms with Crippen LogP contribution in [-0.2, 0) is 14.8 Å². The number of anilines is 1. The van der Waals surface area contributed by atoms with Crippen molar-refractivity contribution in [3.8, 4) is 16.9 Å². The second kappa shape index (κ2) is 8.58. The molecule has 0 aliphatic carbocycles. The Bertz CT molecular complexity index is 1240. The van der Waals surface area contributed by atoms with E-state index in [-0.39, 0.29) is 23.9 Å². The third-order valence-electron chi connectivity index (χ3n) is 6.59. The van der Waals surface area contributed by atoms with E-state index in [0.717, 1.165) is 29.7 Å². The molecule has 2 aliphatic heterocycles. The lowest BCUT2D eigenvalue weighted by Gasteiger charge is -2.36. The van der Waals surface area contributed by atoms with Crippen molar-refractivity contribution in [2.24, 2.45) is 5.92 Å². The molecule has 5 rings (SSSR count). The zero-order valence-corrected chi connectivity index (χ0v) is 19.6. The summed E-state index contributed by atoms with van der Waals surface area (Å²) in [6.45, 7) is 4.30. The first-order valence-electron chi connectivity index (χ1n) is 11.2. The number of rotatable bonds is 5. The summed E-state index contributed by atoms with van der Waals surface area (Å²) in [6.07, 6.45) is 7.11. The Labute approximate surface area is 192 Å². The summed E-state index contributed by atoms with van der Waals surface area (Å²) in [5.41, 5.74) is 9.29. The topological polar surface area (TPSA) is 141 Å². The van der Waals surface area contributed by atoms with E-state index >= 15 is 0 Å². The summed E-state index contributed by atoms with van der Waals surface area (Å²) in [6, 6.07) is 2.07. The first-order valence-corrected chi connectivity index (χ1v) is 13.0. The van der Waals surface area contributed by atoms with Gasteiger partial charge in [-0.1, -0.05) is 6.92 Å². The van der Waals surface area contributed by atoms with Crippen molar-refractivity contribution in [2.45, 2.75) is 38.2 Å². The van der Waals surface area contributed by atoms with Crippen molar-refractivity contribution in [3.63, 3.8) is 0 Å². The molecule has 3 aromatic rings. The van der Waals surface area contributed by atoms with Gasteiger partial charge in [-0.25, -0.2) is 17.2 Å². The maximum absolute atomic E-state index is 12.1. The molecule has 5 heterocycles. The highest BCUT2D eigenvalue weighted by Gasteiger charge is 2.34. The number of nitrogens with zero attached hydrogens (tertiary/aromatic N) is 5. The number of aromatic nitrogens is 5. The Balaban J connectivity index is 1.61. The number of H-pyrrole nitrogens is 1. The van der Waals surface area contributed by atoms with Crippen LogP contribution in [0.3, 0.4) is 0 Å². The Hall–Kier alpha value is -2.70. The molecule has 0 spiro atoms. The third-order valence-corrected chi connectivity index (χ3v) is 7.86. The van der Waals surface area contributed by atoms with E-state index in [0.29, 0.717) is 44.1 Å². The fraction of sp³-hybridized carbons (Fsp3) is 0.571. The summed E-state index contributed by atoms with van der Waals surface area (Å²) in [7, 11) is -3.23. The van der Waals surface area contributed by atoms with E-state index in [2.05, 4.69) is 33.3 Å². The van der Waals surface area contributed by atoms with Crippen LogP contribution in [0.1, 0.15) is 37.8 Å². The van der Waals surface area contributed by atoms with Crippen LogP contribution >= 0.6 is 0 Å².